The Morgan fingerprint density at radius 3 is 2.65 bits per heavy atom. The van der Waals surface area contributed by atoms with Gasteiger partial charge in [0.25, 0.3) is 0 Å². The van der Waals surface area contributed by atoms with Crippen molar-refractivity contribution in [1.82, 2.24) is 9.47 Å². The predicted molar refractivity (Wildman–Crippen MR) is 131 cm³/mol. The second kappa shape index (κ2) is 9.23. The number of hydrogen-bond donors (Lipinski definition) is 1. The van der Waals surface area contributed by atoms with Crippen LogP contribution >= 0.6 is 11.6 Å². The van der Waals surface area contributed by atoms with Gasteiger partial charge in [-0.1, -0.05) is 41.9 Å². The molecule has 1 N–H and O–H groups in total. The van der Waals surface area contributed by atoms with Crippen molar-refractivity contribution in [3.05, 3.63) is 113 Å². The van der Waals surface area contributed by atoms with Gasteiger partial charge in [-0.15, -0.1) is 0 Å². The Morgan fingerprint density at radius 1 is 1.09 bits per heavy atom. The lowest BCUT2D eigenvalue weighted by molar-refractivity contribution is 0.194. The molecule has 0 saturated carbocycles. The molecule has 172 valence electrons. The normalized spacial score (nSPS) is 14.7. The molecule has 0 radical (unpaired) electrons. The number of halogens is 2. The van der Waals surface area contributed by atoms with E-state index in [1.54, 1.807) is 4.90 Å². The number of nitrogens with one attached hydrogen (secondary N) is 1. The number of urea groups is 1. The van der Waals surface area contributed by atoms with Crippen molar-refractivity contribution in [3.8, 4) is 11.4 Å². The van der Waals surface area contributed by atoms with Crippen molar-refractivity contribution >= 4 is 23.3 Å². The van der Waals surface area contributed by atoms with Crippen LogP contribution in [0.25, 0.3) is 5.69 Å². The average molecular weight is 476 g/mol. The molecule has 2 heterocycles. The minimum atomic E-state index is -0.534. The molecule has 34 heavy (non-hydrogen) atoms. The predicted octanol–water partition coefficient (Wildman–Crippen LogP) is 6.81. The number of nitrogens with zero attached hydrogens (tertiary/aromatic N) is 2. The van der Waals surface area contributed by atoms with Crippen LogP contribution in [-0.4, -0.2) is 22.1 Å². The number of anilines is 1. The molecule has 0 aliphatic carbocycles. The van der Waals surface area contributed by atoms with Crippen LogP contribution in [0.2, 0.25) is 5.02 Å². The van der Waals surface area contributed by atoms with E-state index in [1.807, 2.05) is 67.7 Å². The van der Waals surface area contributed by atoms with E-state index in [2.05, 4.69) is 16.0 Å². The minimum absolute atomic E-state index is 0.0454. The third-order valence-corrected chi connectivity index (χ3v) is 6.19. The van der Waals surface area contributed by atoms with Crippen LogP contribution in [0, 0.1) is 5.82 Å². The number of aromatic nitrogens is 1. The second-order valence-electron chi connectivity index (χ2n) is 8.02. The van der Waals surface area contributed by atoms with E-state index in [0.717, 1.165) is 28.3 Å². The maximum atomic E-state index is 13.7. The van der Waals surface area contributed by atoms with Gasteiger partial charge in [-0.25, -0.2) is 9.18 Å². The van der Waals surface area contributed by atoms with Crippen molar-refractivity contribution < 1.29 is 13.9 Å². The summed E-state index contributed by atoms with van der Waals surface area (Å²) in [4.78, 5) is 15.4. The molecule has 2 amide bonds. The molecule has 0 saturated heterocycles. The standard InChI is InChI=1S/C27H23ClFN3O2/c1-2-34-21-12-9-18(10-13-21)26-25-8-5-15-31(25)24-7-4-3-6-19(24)17-32(26)27(33)30-20-11-14-23(29)22(28)16-20/h3-16,26H,2,17H2,1H3,(H,30,33)/t26-/m1/s1. The molecule has 0 bridgehead atoms. The molecule has 0 unspecified atom stereocenters. The molecule has 7 heteroatoms. The average Bonchev–Trinajstić information content (AvgIpc) is 3.27. The molecule has 5 rings (SSSR count). The molecule has 5 nitrogen and oxygen atoms in total. The van der Waals surface area contributed by atoms with E-state index < -0.39 is 5.82 Å². The molecule has 1 aliphatic heterocycles. The summed E-state index contributed by atoms with van der Waals surface area (Å²) >= 11 is 5.94. The van der Waals surface area contributed by atoms with E-state index in [9.17, 15) is 9.18 Å². The van der Waals surface area contributed by atoms with E-state index in [0.29, 0.717) is 18.8 Å². The highest BCUT2D eigenvalue weighted by Crippen LogP contribution is 2.37. The number of carbonyl (C=O) groups is 1. The summed E-state index contributed by atoms with van der Waals surface area (Å²) < 4.78 is 21.4. The lowest BCUT2D eigenvalue weighted by Crippen LogP contribution is -2.37. The number of carbonyl (C=O) groups excluding carboxylic acids is 1. The highest BCUT2D eigenvalue weighted by atomic mass is 35.5. The zero-order chi connectivity index (χ0) is 23.7. The summed E-state index contributed by atoms with van der Waals surface area (Å²) in [7, 11) is 0. The number of benzene rings is 3. The van der Waals surface area contributed by atoms with Crippen molar-refractivity contribution in [1.29, 1.82) is 0 Å². The SMILES string of the molecule is CCOc1ccc([C@@H]2c3cccn3-c3ccccc3CN2C(=O)Nc2ccc(F)c(Cl)c2)cc1. The molecule has 1 atom stereocenters. The van der Waals surface area contributed by atoms with Crippen molar-refractivity contribution in [2.24, 2.45) is 0 Å². The van der Waals surface area contributed by atoms with Crippen LogP contribution in [0.3, 0.4) is 0 Å². The largest absolute Gasteiger partial charge is 0.494 e. The van der Waals surface area contributed by atoms with E-state index in [-0.39, 0.29) is 17.1 Å². The van der Waals surface area contributed by atoms with Gasteiger partial charge in [-0.3, -0.25) is 0 Å². The first-order valence-electron chi connectivity index (χ1n) is 11.1. The van der Waals surface area contributed by atoms with Gasteiger partial charge in [0.2, 0.25) is 0 Å². The summed E-state index contributed by atoms with van der Waals surface area (Å²) in [6.45, 7) is 2.91. The number of fused-ring (bicyclic) bond motifs is 3. The lowest BCUT2D eigenvalue weighted by Gasteiger charge is -2.31. The minimum Gasteiger partial charge on any atom is -0.494 e. The number of para-hydroxylation sites is 1. The quantitative estimate of drug-likeness (QED) is 0.352. The zero-order valence-electron chi connectivity index (χ0n) is 18.5. The molecule has 1 aliphatic rings. The van der Waals surface area contributed by atoms with Crippen molar-refractivity contribution in [2.45, 2.75) is 19.5 Å². The number of rotatable bonds is 4. The van der Waals surface area contributed by atoms with Crippen LogP contribution in [0.5, 0.6) is 5.75 Å². The number of ether oxygens (including phenoxy) is 1. The highest BCUT2D eigenvalue weighted by Gasteiger charge is 2.33. The molecule has 3 aromatic carbocycles. The Hall–Kier alpha value is -3.77. The fraction of sp³-hybridized carbons (Fsp3) is 0.148. The first-order valence-corrected chi connectivity index (χ1v) is 11.4. The highest BCUT2D eigenvalue weighted by molar-refractivity contribution is 6.31. The van der Waals surface area contributed by atoms with E-state index in [1.165, 1.54) is 18.2 Å². The maximum absolute atomic E-state index is 13.7. The monoisotopic (exact) mass is 475 g/mol. The van der Waals surface area contributed by atoms with Gasteiger partial charge >= 0.3 is 6.03 Å². The fourth-order valence-electron chi connectivity index (χ4n) is 4.37. The summed E-state index contributed by atoms with van der Waals surface area (Å²) in [5, 5.41) is 2.85. The molecular weight excluding hydrogens is 453 g/mol. The van der Waals surface area contributed by atoms with Gasteiger partial charge in [0.1, 0.15) is 11.6 Å². The first-order chi connectivity index (χ1) is 16.5. The van der Waals surface area contributed by atoms with Gasteiger partial charge in [0, 0.05) is 17.6 Å². The first kappa shape index (κ1) is 22.0. The van der Waals surface area contributed by atoms with Gasteiger partial charge in [0.05, 0.1) is 29.9 Å². The Balaban J connectivity index is 1.59. The van der Waals surface area contributed by atoms with Gasteiger partial charge < -0.3 is 19.5 Å². The Bertz CT molecular complexity index is 1340. The van der Waals surface area contributed by atoms with Gasteiger partial charge in [-0.2, -0.15) is 0 Å². The third-order valence-electron chi connectivity index (χ3n) is 5.90. The number of amides is 2. The van der Waals surface area contributed by atoms with Crippen LogP contribution in [0.15, 0.2) is 85.1 Å². The van der Waals surface area contributed by atoms with Crippen molar-refractivity contribution in [2.75, 3.05) is 11.9 Å². The van der Waals surface area contributed by atoms with Crippen LogP contribution < -0.4 is 10.1 Å². The van der Waals surface area contributed by atoms with Crippen LogP contribution in [-0.2, 0) is 6.54 Å². The summed E-state index contributed by atoms with van der Waals surface area (Å²) in [6, 6.07) is 23.3. The molecule has 0 fully saturated rings. The third kappa shape index (κ3) is 4.13. The maximum Gasteiger partial charge on any atom is 0.322 e. The van der Waals surface area contributed by atoms with Crippen LogP contribution in [0.1, 0.15) is 29.8 Å². The lowest BCUT2D eigenvalue weighted by atomic mass is 10.0. The fourth-order valence-corrected chi connectivity index (χ4v) is 4.55. The number of hydrogen-bond acceptors (Lipinski definition) is 2. The molecule has 4 aromatic rings. The van der Waals surface area contributed by atoms with Gasteiger partial charge in [-0.05, 0) is 66.6 Å². The van der Waals surface area contributed by atoms with Crippen molar-refractivity contribution in [3.63, 3.8) is 0 Å². The molecular formula is C27H23ClFN3O2. The molecule has 0 spiro atoms. The second-order valence-corrected chi connectivity index (χ2v) is 8.43. The zero-order valence-corrected chi connectivity index (χ0v) is 19.3. The Labute approximate surface area is 202 Å². The van der Waals surface area contributed by atoms with Gasteiger partial charge in [0.15, 0.2) is 0 Å². The van der Waals surface area contributed by atoms with E-state index in [4.69, 9.17) is 16.3 Å². The topological polar surface area (TPSA) is 46.5 Å². The molecule has 1 aromatic heterocycles. The Kier molecular flexibility index (Phi) is 5.99. The van der Waals surface area contributed by atoms with Crippen LogP contribution in [0.4, 0.5) is 14.9 Å². The van der Waals surface area contributed by atoms with E-state index >= 15 is 0 Å². The Morgan fingerprint density at radius 2 is 1.88 bits per heavy atom. The summed E-state index contributed by atoms with van der Waals surface area (Å²) in [5.74, 6) is 0.240. The smallest absolute Gasteiger partial charge is 0.322 e. The summed E-state index contributed by atoms with van der Waals surface area (Å²) in [5.41, 5.74) is 4.37. The summed E-state index contributed by atoms with van der Waals surface area (Å²) in [6.07, 6.45) is 2.01.